The van der Waals surface area contributed by atoms with Crippen LogP contribution in [-0.2, 0) is 26.2 Å². The first-order chi connectivity index (χ1) is 18.5. The largest absolute Gasteiger partial charge is 0.493 e. The standard InChI is InChI=1S/C29H35N3O6S/c1-20-10-13-25(14-11-20)39(35,36)32(24-12-15-26(37-5)27(17-24)38-6)19-28(33)31(22(3)29(34)30-4)18-23-9-7-8-21(2)16-23/h7-17,22H,18-19H2,1-6H3,(H,30,34)/t22-/m1/s1. The van der Waals surface area contributed by atoms with E-state index in [-0.39, 0.29) is 23.0 Å². The summed E-state index contributed by atoms with van der Waals surface area (Å²) >= 11 is 0. The molecular weight excluding hydrogens is 518 g/mol. The first-order valence-electron chi connectivity index (χ1n) is 12.4. The molecule has 2 amide bonds. The highest BCUT2D eigenvalue weighted by Gasteiger charge is 2.32. The Morgan fingerprint density at radius 3 is 2.15 bits per heavy atom. The number of aryl methyl sites for hydroxylation is 2. The van der Waals surface area contributed by atoms with Crippen molar-refractivity contribution in [2.24, 2.45) is 0 Å². The number of amides is 2. The maximum atomic E-state index is 13.9. The molecule has 0 saturated carbocycles. The molecule has 208 valence electrons. The van der Waals surface area contributed by atoms with Crippen LogP contribution in [0.15, 0.2) is 71.6 Å². The van der Waals surface area contributed by atoms with Crippen molar-refractivity contribution >= 4 is 27.5 Å². The monoisotopic (exact) mass is 553 g/mol. The highest BCUT2D eigenvalue weighted by Crippen LogP contribution is 2.34. The molecular formula is C29H35N3O6S. The van der Waals surface area contributed by atoms with Crippen LogP contribution in [0.2, 0.25) is 0 Å². The van der Waals surface area contributed by atoms with Gasteiger partial charge in [0.1, 0.15) is 12.6 Å². The SMILES string of the molecule is CNC(=O)[C@@H](C)N(Cc1cccc(C)c1)C(=O)CN(c1ccc(OC)c(OC)c1)S(=O)(=O)c1ccc(C)cc1. The first kappa shape index (κ1) is 29.5. The molecule has 3 aromatic rings. The molecule has 0 aliphatic carbocycles. The zero-order valence-corrected chi connectivity index (χ0v) is 23.9. The van der Waals surface area contributed by atoms with Gasteiger partial charge in [0, 0.05) is 19.7 Å². The van der Waals surface area contributed by atoms with E-state index in [0.29, 0.717) is 11.5 Å². The fourth-order valence-corrected chi connectivity index (χ4v) is 5.55. The Morgan fingerprint density at radius 1 is 0.897 bits per heavy atom. The van der Waals surface area contributed by atoms with Gasteiger partial charge in [0.2, 0.25) is 11.8 Å². The van der Waals surface area contributed by atoms with Gasteiger partial charge in [-0.1, -0.05) is 47.5 Å². The minimum absolute atomic E-state index is 0.0280. The minimum Gasteiger partial charge on any atom is -0.493 e. The average Bonchev–Trinajstić information content (AvgIpc) is 2.93. The Bertz CT molecular complexity index is 1420. The molecule has 0 fully saturated rings. The number of sulfonamides is 1. The van der Waals surface area contributed by atoms with Gasteiger partial charge in [-0.2, -0.15) is 0 Å². The molecule has 1 atom stereocenters. The first-order valence-corrected chi connectivity index (χ1v) is 13.8. The molecule has 39 heavy (non-hydrogen) atoms. The predicted octanol–water partition coefficient (Wildman–Crippen LogP) is 3.68. The third-order valence-corrected chi connectivity index (χ3v) is 8.18. The van der Waals surface area contributed by atoms with Crippen LogP contribution in [0.3, 0.4) is 0 Å². The quantitative estimate of drug-likeness (QED) is 0.389. The van der Waals surface area contributed by atoms with Gasteiger partial charge in [-0.25, -0.2) is 8.42 Å². The number of anilines is 1. The molecule has 0 unspecified atom stereocenters. The second-order valence-electron chi connectivity index (χ2n) is 9.16. The molecule has 0 saturated heterocycles. The number of likely N-dealkylation sites (N-methyl/N-ethyl adjacent to an activating group) is 1. The van der Waals surface area contributed by atoms with Crippen LogP contribution in [0.4, 0.5) is 5.69 Å². The molecule has 0 bridgehead atoms. The van der Waals surface area contributed by atoms with E-state index in [0.717, 1.165) is 21.0 Å². The van der Waals surface area contributed by atoms with E-state index in [2.05, 4.69) is 5.32 Å². The topological polar surface area (TPSA) is 105 Å². The molecule has 0 heterocycles. The van der Waals surface area contributed by atoms with Crippen molar-refractivity contribution < 1.29 is 27.5 Å². The fraction of sp³-hybridized carbons (Fsp3) is 0.310. The molecule has 0 radical (unpaired) electrons. The number of nitrogens with zero attached hydrogens (tertiary/aromatic N) is 2. The lowest BCUT2D eigenvalue weighted by molar-refractivity contribution is -0.139. The molecule has 10 heteroatoms. The van der Waals surface area contributed by atoms with Gasteiger partial charge in [-0.3, -0.25) is 13.9 Å². The summed E-state index contributed by atoms with van der Waals surface area (Å²) in [4.78, 5) is 27.9. The summed E-state index contributed by atoms with van der Waals surface area (Å²) in [6, 6.07) is 17.8. The fourth-order valence-electron chi connectivity index (χ4n) is 4.14. The van der Waals surface area contributed by atoms with Gasteiger partial charge in [0.15, 0.2) is 11.5 Å². The number of rotatable bonds is 11. The van der Waals surface area contributed by atoms with E-state index >= 15 is 0 Å². The number of hydrogen-bond donors (Lipinski definition) is 1. The Morgan fingerprint density at radius 2 is 1.56 bits per heavy atom. The summed E-state index contributed by atoms with van der Waals surface area (Å²) in [6.45, 7) is 4.99. The molecule has 0 aliphatic rings. The Kier molecular flexibility index (Phi) is 9.58. The van der Waals surface area contributed by atoms with Crippen LogP contribution in [-0.4, -0.2) is 59.0 Å². The van der Waals surface area contributed by atoms with Crippen molar-refractivity contribution in [1.29, 1.82) is 0 Å². The summed E-state index contributed by atoms with van der Waals surface area (Å²) in [5.74, 6) is -0.190. The van der Waals surface area contributed by atoms with Crippen LogP contribution in [0.25, 0.3) is 0 Å². The summed E-state index contributed by atoms with van der Waals surface area (Å²) < 4.78 is 39.6. The lowest BCUT2D eigenvalue weighted by atomic mass is 10.1. The molecule has 3 rings (SSSR count). The summed E-state index contributed by atoms with van der Waals surface area (Å²) in [5, 5.41) is 2.58. The van der Waals surface area contributed by atoms with Gasteiger partial charge in [0.25, 0.3) is 10.0 Å². The second-order valence-corrected chi connectivity index (χ2v) is 11.0. The number of hydrogen-bond acceptors (Lipinski definition) is 6. The van der Waals surface area contributed by atoms with Gasteiger partial charge in [0.05, 0.1) is 24.8 Å². The number of nitrogens with one attached hydrogen (secondary N) is 1. The molecule has 0 aliphatic heterocycles. The summed E-state index contributed by atoms with van der Waals surface area (Å²) in [7, 11) is 0.228. The zero-order valence-electron chi connectivity index (χ0n) is 23.1. The van der Waals surface area contributed by atoms with Crippen LogP contribution in [0.5, 0.6) is 11.5 Å². The second kappa shape index (κ2) is 12.7. The molecule has 9 nitrogen and oxygen atoms in total. The summed E-state index contributed by atoms with van der Waals surface area (Å²) in [6.07, 6.45) is 0. The van der Waals surface area contributed by atoms with Gasteiger partial charge >= 0.3 is 0 Å². The summed E-state index contributed by atoms with van der Waals surface area (Å²) in [5.41, 5.74) is 2.93. The third-order valence-electron chi connectivity index (χ3n) is 6.39. The van der Waals surface area contributed by atoms with Crippen LogP contribution in [0.1, 0.15) is 23.6 Å². The lowest BCUT2D eigenvalue weighted by Crippen LogP contribution is -2.50. The number of methoxy groups -OCH3 is 2. The number of carbonyl (C=O) groups is 2. The minimum atomic E-state index is -4.19. The van der Waals surface area contributed by atoms with Crippen molar-refractivity contribution in [3.05, 3.63) is 83.4 Å². The average molecular weight is 554 g/mol. The number of ether oxygens (including phenoxy) is 2. The molecule has 0 spiro atoms. The van der Waals surface area contributed by atoms with E-state index in [1.54, 1.807) is 31.2 Å². The third kappa shape index (κ3) is 6.88. The maximum absolute atomic E-state index is 13.9. The maximum Gasteiger partial charge on any atom is 0.264 e. The molecule has 0 aromatic heterocycles. The van der Waals surface area contributed by atoms with E-state index in [4.69, 9.17) is 9.47 Å². The number of benzene rings is 3. The normalized spacial score (nSPS) is 11.8. The van der Waals surface area contributed by atoms with E-state index in [9.17, 15) is 18.0 Å². The highest BCUT2D eigenvalue weighted by molar-refractivity contribution is 7.92. The number of carbonyl (C=O) groups excluding carboxylic acids is 2. The van der Waals surface area contributed by atoms with Gasteiger partial charge in [-0.15, -0.1) is 0 Å². The van der Waals surface area contributed by atoms with Crippen LogP contribution < -0.4 is 19.1 Å². The van der Waals surface area contributed by atoms with Crippen LogP contribution >= 0.6 is 0 Å². The van der Waals surface area contributed by atoms with Crippen LogP contribution in [0, 0.1) is 13.8 Å². The van der Waals surface area contributed by atoms with E-state index in [1.807, 2.05) is 38.1 Å². The molecule has 3 aromatic carbocycles. The van der Waals surface area contributed by atoms with Crippen molar-refractivity contribution in [2.45, 2.75) is 38.3 Å². The smallest absolute Gasteiger partial charge is 0.264 e. The van der Waals surface area contributed by atoms with Crippen molar-refractivity contribution in [3.63, 3.8) is 0 Å². The highest BCUT2D eigenvalue weighted by atomic mass is 32.2. The van der Waals surface area contributed by atoms with E-state index in [1.165, 1.54) is 44.4 Å². The van der Waals surface area contributed by atoms with Gasteiger partial charge < -0.3 is 19.7 Å². The van der Waals surface area contributed by atoms with Crippen molar-refractivity contribution in [2.75, 3.05) is 32.1 Å². The Hall–Kier alpha value is -4.05. The predicted molar refractivity (Wildman–Crippen MR) is 151 cm³/mol. The Balaban J connectivity index is 2.09. The zero-order chi connectivity index (χ0) is 28.7. The van der Waals surface area contributed by atoms with Crippen molar-refractivity contribution in [3.8, 4) is 11.5 Å². The van der Waals surface area contributed by atoms with Gasteiger partial charge in [-0.05, 0) is 50.6 Å². The van der Waals surface area contributed by atoms with Crippen molar-refractivity contribution in [1.82, 2.24) is 10.2 Å². The van der Waals surface area contributed by atoms with E-state index < -0.39 is 28.5 Å². The molecule has 1 N–H and O–H groups in total. The Labute approximate surface area is 230 Å². The lowest BCUT2D eigenvalue weighted by Gasteiger charge is -2.32.